The Labute approximate surface area is 104 Å². The highest BCUT2D eigenvalue weighted by Crippen LogP contribution is 2.06. The van der Waals surface area contributed by atoms with Crippen molar-refractivity contribution in [3.8, 4) is 6.07 Å². The van der Waals surface area contributed by atoms with Gasteiger partial charge in [-0.1, -0.05) is 0 Å². The van der Waals surface area contributed by atoms with Crippen LogP contribution in [0.2, 0.25) is 0 Å². The number of hydrogen-bond donors (Lipinski definition) is 1. The van der Waals surface area contributed by atoms with E-state index in [4.69, 9.17) is 10.4 Å². The number of hydrogen-bond acceptors (Lipinski definition) is 4. The minimum Gasteiger partial charge on any atom is -0.477 e. The second-order valence-corrected chi connectivity index (χ2v) is 3.53. The van der Waals surface area contributed by atoms with Crippen LogP contribution in [0.4, 0.5) is 0 Å². The SMILES string of the molecule is CCN(CCC#N)C(=O)c1ccc(C(=O)O)nc1. The van der Waals surface area contributed by atoms with Gasteiger partial charge >= 0.3 is 5.97 Å². The molecule has 18 heavy (non-hydrogen) atoms. The van der Waals surface area contributed by atoms with E-state index in [1.807, 2.05) is 13.0 Å². The van der Waals surface area contributed by atoms with Crippen LogP contribution in [0.25, 0.3) is 0 Å². The van der Waals surface area contributed by atoms with Crippen molar-refractivity contribution in [1.29, 1.82) is 5.26 Å². The molecule has 0 aliphatic carbocycles. The summed E-state index contributed by atoms with van der Waals surface area (Å²) in [5, 5.41) is 17.2. The molecule has 0 fully saturated rings. The average molecular weight is 247 g/mol. The highest BCUT2D eigenvalue weighted by atomic mass is 16.4. The average Bonchev–Trinajstić information content (AvgIpc) is 2.39. The molecule has 1 rings (SSSR count). The lowest BCUT2D eigenvalue weighted by Crippen LogP contribution is -2.31. The van der Waals surface area contributed by atoms with Gasteiger partial charge in [-0.3, -0.25) is 4.79 Å². The van der Waals surface area contributed by atoms with Crippen molar-refractivity contribution in [2.75, 3.05) is 13.1 Å². The molecule has 0 atom stereocenters. The standard InChI is InChI=1S/C12H13N3O3/c1-2-15(7-3-6-13)11(16)9-4-5-10(12(17)18)14-8-9/h4-5,8H,2-3,7H2,1H3,(H,17,18). The van der Waals surface area contributed by atoms with E-state index in [2.05, 4.69) is 4.98 Å². The summed E-state index contributed by atoms with van der Waals surface area (Å²) in [5.41, 5.74) is 0.214. The summed E-state index contributed by atoms with van der Waals surface area (Å²) in [6.45, 7) is 2.65. The maximum Gasteiger partial charge on any atom is 0.354 e. The molecule has 0 saturated heterocycles. The number of carbonyl (C=O) groups excluding carboxylic acids is 1. The normalized spacial score (nSPS) is 9.56. The lowest BCUT2D eigenvalue weighted by atomic mass is 10.2. The van der Waals surface area contributed by atoms with Gasteiger partial charge in [0.2, 0.25) is 0 Å². The first-order valence-corrected chi connectivity index (χ1v) is 5.45. The molecule has 0 aromatic carbocycles. The third kappa shape index (κ3) is 3.28. The second-order valence-electron chi connectivity index (χ2n) is 3.53. The van der Waals surface area contributed by atoms with Crippen molar-refractivity contribution in [2.24, 2.45) is 0 Å². The van der Waals surface area contributed by atoms with Crippen LogP contribution >= 0.6 is 0 Å². The molecule has 94 valence electrons. The summed E-state index contributed by atoms with van der Waals surface area (Å²) in [5.74, 6) is -1.39. The first-order valence-electron chi connectivity index (χ1n) is 5.45. The van der Waals surface area contributed by atoms with Crippen molar-refractivity contribution in [1.82, 2.24) is 9.88 Å². The summed E-state index contributed by atoms with van der Waals surface area (Å²) in [6.07, 6.45) is 1.50. The van der Waals surface area contributed by atoms with E-state index >= 15 is 0 Å². The Morgan fingerprint density at radius 2 is 2.22 bits per heavy atom. The van der Waals surface area contributed by atoms with E-state index in [9.17, 15) is 9.59 Å². The Hall–Kier alpha value is -2.42. The number of aromatic nitrogens is 1. The first kappa shape index (κ1) is 13.6. The fourth-order valence-corrected chi connectivity index (χ4v) is 1.42. The second kappa shape index (κ2) is 6.35. The third-order valence-electron chi connectivity index (χ3n) is 2.39. The Balaban J connectivity index is 2.82. The maximum absolute atomic E-state index is 12.0. The molecule has 6 heteroatoms. The highest BCUT2D eigenvalue weighted by Gasteiger charge is 2.14. The third-order valence-corrected chi connectivity index (χ3v) is 2.39. The fourth-order valence-electron chi connectivity index (χ4n) is 1.42. The number of nitriles is 1. The number of rotatable bonds is 5. The van der Waals surface area contributed by atoms with E-state index in [1.165, 1.54) is 23.2 Å². The Bertz CT molecular complexity index is 476. The molecule has 0 radical (unpaired) electrons. The van der Waals surface area contributed by atoms with Crippen LogP contribution in [-0.4, -0.2) is 40.0 Å². The van der Waals surface area contributed by atoms with E-state index in [0.717, 1.165) is 0 Å². The van der Waals surface area contributed by atoms with Gasteiger partial charge in [0.1, 0.15) is 5.69 Å². The molecule has 6 nitrogen and oxygen atoms in total. The van der Waals surface area contributed by atoms with Gasteiger partial charge in [0, 0.05) is 19.3 Å². The molecule has 1 N–H and O–H groups in total. The lowest BCUT2D eigenvalue weighted by molar-refractivity contribution is 0.0687. The van der Waals surface area contributed by atoms with Crippen LogP contribution in [-0.2, 0) is 0 Å². The molecule has 0 saturated carbocycles. The molecule has 0 aliphatic rings. The van der Waals surface area contributed by atoms with Gasteiger partial charge in [-0.15, -0.1) is 0 Å². The summed E-state index contributed by atoms with van der Waals surface area (Å²) in [6, 6.07) is 4.69. The molecule has 0 aliphatic heterocycles. The zero-order valence-electron chi connectivity index (χ0n) is 9.96. The van der Waals surface area contributed by atoms with Gasteiger partial charge in [0.05, 0.1) is 18.1 Å². The number of carboxylic acid groups (broad SMARTS) is 1. The minimum atomic E-state index is -1.13. The predicted molar refractivity (Wildman–Crippen MR) is 63.0 cm³/mol. The van der Waals surface area contributed by atoms with Crippen LogP contribution in [0.1, 0.15) is 34.2 Å². The van der Waals surface area contributed by atoms with Crippen LogP contribution in [0.5, 0.6) is 0 Å². The maximum atomic E-state index is 12.0. The number of nitrogens with zero attached hydrogens (tertiary/aromatic N) is 3. The largest absolute Gasteiger partial charge is 0.477 e. The lowest BCUT2D eigenvalue weighted by Gasteiger charge is -2.19. The van der Waals surface area contributed by atoms with Crippen LogP contribution in [0, 0.1) is 11.3 Å². The minimum absolute atomic E-state index is 0.105. The Morgan fingerprint density at radius 3 is 2.67 bits per heavy atom. The molecule has 0 unspecified atom stereocenters. The highest BCUT2D eigenvalue weighted by molar-refractivity contribution is 5.94. The van der Waals surface area contributed by atoms with Gasteiger partial charge in [-0.25, -0.2) is 9.78 Å². The molecule has 0 bridgehead atoms. The van der Waals surface area contributed by atoms with Crippen molar-refractivity contribution in [2.45, 2.75) is 13.3 Å². The summed E-state index contributed by atoms with van der Waals surface area (Å²) >= 11 is 0. The molecule has 1 amide bonds. The number of carboxylic acids is 1. The summed E-state index contributed by atoms with van der Waals surface area (Å²) in [4.78, 5) is 27.8. The van der Waals surface area contributed by atoms with Gasteiger partial charge in [0.15, 0.2) is 0 Å². The van der Waals surface area contributed by atoms with Crippen molar-refractivity contribution in [3.05, 3.63) is 29.6 Å². The van der Waals surface area contributed by atoms with Gasteiger partial charge in [0.25, 0.3) is 5.91 Å². The van der Waals surface area contributed by atoms with Crippen LogP contribution in [0.15, 0.2) is 18.3 Å². The zero-order valence-corrected chi connectivity index (χ0v) is 9.96. The first-order chi connectivity index (χ1) is 8.60. The van der Waals surface area contributed by atoms with Crippen molar-refractivity contribution in [3.63, 3.8) is 0 Å². The zero-order chi connectivity index (χ0) is 13.5. The van der Waals surface area contributed by atoms with Gasteiger partial charge < -0.3 is 10.0 Å². The Morgan fingerprint density at radius 1 is 1.50 bits per heavy atom. The molecule has 0 spiro atoms. The smallest absolute Gasteiger partial charge is 0.354 e. The Kier molecular flexibility index (Phi) is 4.81. The quantitative estimate of drug-likeness (QED) is 0.842. The van der Waals surface area contributed by atoms with E-state index in [1.54, 1.807) is 0 Å². The van der Waals surface area contributed by atoms with E-state index in [0.29, 0.717) is 18.7 Å². The number of pyridine rings is 1. The fraction of sp³-hybridized carbons (Fsp3) is 0.333. The molecule has 1 aromatic rings. The topological polar surface area (TPSA) is 94.3 Å². The molecular formula is C12H13N3O3. The number of carbonyl (C=O) groups is 2. The van der Waals surface area contributed by atoms with Crippen LogP contribution in [0.3, 0.4) is 0 Å². The summed E-state index contributed by atoms with van der Waals surface area (Å²) < 4.78 is 0. The van der Waals surface area contributed by atoms with E-state index < -0.39 is 5.97 Å². The monoisotopic (exact) mass is 247 g/mol. The molecular weight excluding hydrogens is 234 g/mol. The van der Waals surface area contributed by atoms with Crippen LogP contribution < -0.4 is 0 Å². The number of aromatic carboxylic acids is 1. The van der Waals surface area contributed by atoms with Crippen molar-refractivity contribution >= 4 is 11.9 Å². The van der Waals surface area contributed by atoms with Crippen molar-refractivity contribution < 1.29 is 14.7 Å². The molecule has 1 aromatic heterocycles. The summed E-state index contributed by atoms with van der Waals surface area (Å²) in [7, 11) is 0. The predicted octanol–water partition coefficient (Wildman–Crippen LogP) is 1.16. The van der Waals surface area contributed by atoms with Gasteiger partial charge in [-0.2, -0.15) is 5.26 Å². The molecule has 1 heterocycles. The van der Waals surface area contributed by atoms with Gasteiger partial charge in [-0.05, 0) is 19.1 Å². The van der Waals surface area contributed by atoms with E-state index in [-0.39, 0.29) is 18.0 Å². The number of amides is 1.